The van der Waals surface area contributed by atoms with Gasteiger partial charge < -0.3 is 20.6 Å². The van der Waals surface area contributed by atoms with E-state index in [1.807, 2.05) is 0 Å². The standard InChI is InChI=1S/C62H121NO4/c1-3-5-7-9-11-13-15-17-19-21-23-25-27-28-29-30-31-32-33-35-37-39-41-43-45-47-49-51-53-55-57-61(66)63-59(58-64)62(67)60(65)56-54-52-50-48-46-44-42-40-38-36-34-26-24-22-20-18-16-14-12-10-8-6-4-2/h40,42,48,50,59-60,62,64-65,67H,3-39,41,43-47,49,51-58H2,1-2H3,(H,63,66)/b42-40+,50-48+. The molecule has 0 aliphatic rings. The van der Waals surface area contributed by atoms with Crippen molar-refractivity contribution in [2.24, 2.45) is 0 Å². The monoisotopic (exact) mass is 944 g/mol. The summed E-state index contributed by atoms with van der Waals surface area (Å²) in [6.07, 6.45) is 73.6. The maximum absolute atomic E-state index is 12.5. The summed E-state index contributed by atoms with van der Waals surface area (Å²) >= 11 is 0. The van der Waals surface area contributed by atoms with Gasteiger partial charge in [-0.3, -0.25) is 4.79 Å². The molecule has 0 bridgehead atoms. The Labute approximate surface area is 420 Å². The molecule has 3 unspecified atom stereocenters. The number of aliphatic hydroxyl groups is 3. The van der Waals surface area contributed by atoms with Gasteiger partial charge in [-0.2, -0.15) is 0 Å². The van der Waals surface area contributed by atoms with Crippen molar-refractivity contribution in [2.45, 2.75) is 360 Å². The molecule has 0 aliphatic heterocycles. The molecule has 398 valence electrons. The van der Waals surface area contributed by atoms with E-state index in [1.165, 1.54) is 270 Å². The average Bonchev–Trinajstić information content (AvgIpc) is 3.33. The van der Waals surface area contributed by atoms with Crippen molar-refractivity contribution < 1.29 is 20.1 Å². The van der Waals surface area contributed by atoms with Gasteiger partial charge in [0.05, 0.1) is 18.8 Å². The van der Waals surface area contributed by atoms with Crippen LogP contribution in [0.1, 0.15) is 341 Å². The van der Waals surface area contributed by atoms with E-state index in [4.69, 9.17) is 0 Å². The lowest BCUT2D eigenvalue weighted by molar-refractivity contribution is -0.124. The maximum atomic E-state index is 12.5. The van der Waals surface area contributed by atoms with Gasteiger partial charge in [0, 0.05) is 6.42 Å². The fourth-order valence-electron chi connectivity index (χ4n) is 9.83. The Morgan fingerprint density at radius 3 is 0.910 bits per heavy atom. The van der Waals surface area contributed by atoms with Crippen molar-refractivity contribution in [3.05, 3.63) is 24.3 Å². The third kappa shape index (κ3) is 52.5. The first-order valence-corrected chi connectivity index (χ1v) is 30.6. The summed E-state index contributed by atoms with van der Waals surface area (Å²) in [6.45, 7) is 4.21. The average molecular weight is 945 g/mol. The van der Waals surface area contributed by atoms with E-state index in [-0.39, 0.29) is 12.5 Å². The molecule has 5 heteroatoms. The minimum atomic E-state index is -1.17. The lowest BCUT2D eigenvalue weighted by Gasteiger charge is -2.26. The maximum Gasteiger partial charge on any atom is 0.220 e. The van der Waals surface area contributed by atoms with Crippen molar-refractivity contribution in [1.82, 2.24) is 5.32 Å². The first kappa shape index (κ1) is 65.8. The molecule has 0 aromatic heterocycles. The number of aliphatic hydroxyl groups excluding tert-OH is 3. The molecule has 0 aliphatic carbocycles. The second-order valence-electron chi connectivity index (χ2n) is 21.3. The zero-order valence-corrected chi connectivity index (χ0v) is 45.6. The Kier molecular flexibility index (Phi) is 56.4. The number of amides is 1. The summed E-state index contributed by atoms with van der Waals surface area (Å²) < 4.78 is 0. The number of rotatable bonds is 57. The summed E-state index contributed by atoms with van der Waals surface area (Å²) in [5.41, 5.74) is 0. The third-order valence-electron chi connectivity index (χ3n) is 14.5. The van der Waals surface area contributed by atoms with Crippen molar-refractivity contribution in [3.63, 3.8) is 0 Å². The molecule has 0 aromatic rings. The van der Waals surface area contributed by atoms with Crippen molar-refractivity contribution in [3.8, 4) is 0 Å². The Bertz CT molecular complexity index is 998. The molecular weight excluding hydrogens is 823 g/mol. The number of carbonyl (C=O) groups excluding carboxylic acids is 1. The molecule has 4 N–H and O–H groups in total. The Morgan fingerprint density at radius 2 is 0.612 bits per heavy atom. The quantitative estimate of drug-likeness (QED) is 0.0361. The molecule has 0 saturated carbocycles. The molecule has 0 rings (SSSR count). The smallest absolute Gasteiger partial charge is 0.220 e. The fraction of sp³-hybridized carbons (Fsp3) is 0.919. The molecule has 0 spiro atoms. The van der Waals surface area contributed by atoms with Gasteiger partial charge in [-0.05, 0) is 51.4 Å². The molecule has 0 aromatic carbocycles. The third-order valence-corrected chi connectivity index (χ3v) is 14.5. The highest BCUT2D eigenvalue weighted by Crippen LogP contribution is 2.18. The molecule has 0 heterocycles. The molecule has 67 heavy (non-hydrogen) atoms. The number of hydrogen-bond acceptors (Lipinski definition) is 4. The van der Waals surface area contributed by atoms with Gasteiger partial charge in [-0.15, -0.1) is 0 Å². The molecule has 0 saturated heterocycles. The molecular formula is C62H121NO4. The van der Waals surface area contributed by atoms with Crippen LogP contribution in [-0.4, -0.2) is 46.1 Å². The van der Waals surface area contributed by atoms with Crippen LogP contribution in [-0.2, 0) is 4.79 Å². The second-order valence-corrected chi connectivity index (χ2v) is 21.3. The van der Waals surface area contributed by atoms with Gasteiger partial charge in [0.1, 0.15) is 6.10 Å². The van der Waals surface area contributed by atoms with Crippen LogP contribution in [0.3, 0.4) is 0 Å². The van der Waals surface area contributed by atoms with E-state index < -0.39 is 18.2 Å². The van der Waals surface area contributed by atoms with Gasteiger partial charge in [0.25, 0.3) is 0 Å². The van der Waals surface area contributed by atoms with Crippen molar-refractivity contribution >= 4 is 5.91 Å². The lowest BCUT2D eigenvalue weighted by Crippen LogP contribution is -2.50. The highest BCUT2D eigenvalue weighted by Gasteiger charge is 2.26. The Balaban J connectivity index is 3.52. The highest BCUT2D eigenvalue weighted by molar-refractivity contribution is 5.76. The first-order chi connectivity index (χ1) is 33.1. The minimum Gasteiger partial charge on any atom is -0.394 e. The molecule has 1 amide bonds. The molecule has 5 nitrogen and oxygen atoms in total. The van der Waals surface area contributed by atoms with E-state index in [0.717, 1.165) is 44.9 Å². The van der Waals surface area contributed by atoms with Gasteiger partial charge in [0.2, 0.25) is 5.91 Å². The minimum absolute atomic E-state index is 0.151. The lowest BCUT2D eigenvalue weighted by atomic mass is 10.0. The summed E-state index contributed by atoms with van der Waals surface area (Å²) in [7, 11) is 0. The highest BCUT2D eigenvalue weighted by atomic mass is 16.3. The number of allylic oxidation sites excluding steroid dienone is 4. The zero-order chi connectivity index (χ0) is 48.6. The van der Waals surface area contributed by atoms with Crippen LogP contribution in [0, 0.1) is 0 Å². The first-order valence-electron chi connectivity index (χ1n) is 30.6. The summed E-state index contributed by atoms with van der Waals surface area (Å²) in [4.78, 5) is 12.5. The van der Waals surface area contributed by atoms with Crippen LogP contribution in [0.4, 0.5) is 0 Å². The fourth-order valence-corrected chi connectivity index (χ4v) is 9.83. The Morgan fingerprint density at radius 1 is 0.358 bits per heavy atom. The normalized spacial score (nSPS) is 13.3. The molecule has 3 atom stereocenters. The van der Waals surface area contributed by atoms with E-state index >= 15 is 0 Å². The Hall–Kier alpha value is -1.17. The molecule has 0 fully saturated rings. The summed E-state index contributed by atoms with van der Waals surface area (Å²) in [5, 5.41) is 33.8. The predicted molar refractivity (Wildman–Crippen MR) is 296 cm³/mol. The zero-order valence-electron chi connectivity index (χ0n) is 45.6. The van der Waals surface area contributed by atoms with E-state index in [0.29, 0.717) is 12.8 Å². The SMILES string of the molecule is CCCCCCCCCCCCCCCC/C=C/CC/C=C/CCCC(O)C(O)C(CO)NC(=O)CCCCCCCCCCCCCCCCCCCCCCCCCCCCCCCC. The van der Waals surface area contributed by atoms with Crippen LogP contribution in [0.2, 0.25) is 0 Å². The van der Waals surface area contributed by atoms with Gasteiger partial charge in [-0.25, -0.2) is 0 Å². The van der Waals surface area contributed by atoms with Crippen LogP contribution in [0.5, 0.6) is 0 Å². The number of unbranched alkanes of at least 4 members (excludes halogenated alkanes) is 45. The second kappa shape index (κ2) is 57.4. The van der Waals surface area contributed by atoms with Crippen LogP contribution < -0.4 is 5.32 Å². The van der Waals surface area contributed by atoms with Crippen LogP contribution in [0.15, 0.2) is 24.3 Å². The molecule has 0 radical (unpaired) electrons. The number of hydrogen-bond donors (Lipinski definition) is 4. The van der Waals surface area contributed by atoms with Gasteiger partial charge in [0.15, 0.2) is 0 Å². The van der Waals surface area contributed by atoms with Crippen molar-refractivity contribution in [1.29, 1.82) is 0 Å². The largest absolute Gasteiger partial charge is 0.394 e. The topological polar surface area (TPSA) is 89.8 Å². The summed E-state index contributed by atoms with van der Waals surface area (Å²) in [6, 6.07) is -0.831. The van der Waals surface area contributed by atoms with Crippen LogP contribution in [0.25, 0.3) is 0 Å². The van der Waals surface area contributed by atoms with Crippen LogP contribution >= 0.6 is 0 Å². The number of nitrogens with one attached hydrogen (secondary N) is 1. The van der Waals surface area contributed by atoms with Gasteiger partial charge in [-0.1, -0.05) is 308 Å². The predicted octanol–water partition coefficient (Wildman–Crippen LogP) is 19.2. The van der Waals surface area contributed by atoms with E-state index in [2.05, 4.69) is 43.5 Å². The van der Waals surface area contributed by atoms with Crippen molar-refractivity contribution in [2.75, 3.05) is 6.61 Å². The summed E-state index contributed by atoms with van der Waals surface area (Å²) in [5.74, 6) is -0.151. The van der Waals surface area contributed by atoms with Gasteiger partial charge >= 0.3 is 0 Å². The van der Waals surface area contributed by atoms with E-state index in [9.17, 15) is 20.1 Å². The number of carbonyl (C=O) groups is 1. The van der Waals surface area contributed by atoms with E-state index in [1.54, 1.807) is 0 Å².